The van der Waals surface area contributed by atoms with E-state index in [9.17, 15) is 0 Å². The molecule has 88 valence electrons. The van der Waals surface area contributed by atoms with Crippen molar-refractivity contribution < 1.29 is 4.74 Å². The van der Waals surface area contributed by atoms with Crippen LogP contribution in [0.25, 0.3) is 0 Å². The lowest BCUT2D eigenvalue weighted by Crippen LogP contribution is -2.15. The molecule has 0 unspecified atom stereocenters. The van der Waals surface area contributed by atoms with Crippen LogP contribution in [0.2, 0.25) is 0 Å². The molecule has 1 N–H and O–H groups in total. The minimum Gasteiger partial charge on any atom is -0.496 e. The molecule has 0 heterocycles. The third-order valence-electron chi connectivity index (χ3n) is 2.82. The number of methoxy groups -OCH3 is 1. The van der Waals surface area contributed by atoms with Gasteiger partial charge in [-0.25, -0.2) is 0 Å². The molecule has 1 fully saturated rings. The van der Waals surface area contributed by atoms with E-state index in [-0.39, 0.29) is 0 Å². The molecule has 0 bridgehead atoms. The zero-order valence-corrected chi connectivity index (χ0v) is 10.8. The first-order chi connectivity index (χ1) is 7.83. The fourth-order valence-electron chi connectivity index (χ4n) is 1.76. The van der Waals surface area contributed by atoms with E-state index < -0.39 is 0 Å². The van der Waals surface area contributed by atoms with Crippen molar-refractivity contribution in [2.24, 2.45) is 0 Å². The van der Waals surface area contributed by atoms with Gasteiger partial charge in [-0.05, 0) is 36.8 Å². The maximum Gasteiger partial charge on any atom is 0.122 e. The molecule has 0 amide bonds. The Morgan fingerprint density at radius 2 is 2.25 bits per heavy atom. The minimum absolute atomic E-state index is 0.770. The van der Waals surface area contributed by atoms with Crippen LogP contribution in [0.5, 0.6) is 5.75 Å². The van der Waals surface area contributed by atoms with Crippen LogP contribution in [0.4, 0.5) is 0 Å². The van der Waals surface area contributed by atoms with E-state index in [4.69, 9.17) is 4.74 Å². The fraction of sp³-hybridized carbons (Fsp3) is 0.538. The Morgan fingerprint density at radius 1 is 1.44 bits per heavy atom. The zero-order chi connectivity index (χ0) is 11.4. The molecule has 0 spiro atoms. The van der Waals surface area contributed by atoms with Crippen LogP contribution in [0.3, 0.4) is 0 Å². The predicted octanol–water partition coefficient (Wildman–Crippen LogP) is 2.81. The highest BCUT2D eigenvalue weighted by molar-refractivity contribution is 7.97. The Labute approximate surface area is 102 Å². The fourth-order valence-corrected chi connectivity index (χ4v) is 2.30. The average Bonchev–Trinajstić information content (AvgIpc) is 3.11. The summed E-state index contributed by atoms with van der Waals surface area (Å²) in [5, 5.41) is 3.53. The van der Waals surface area contributed by atoms with Gasteiger partial charge in [0.05, 0.1) is 7.11 Å². The first-order valence-corrected chi connectivity index (χ1v) is 7.11. The van der Waals surface area contributed by atoms with Crippen molar-refractivity contribution in [1.82, 2.24) is 5.32 Å². The van der Waals surface area contributed by atoms with Gasteiger partial charge in [-0.2, -0.15) is 11.8 Å². The van der Waals surface area contributed by atoms with Crippen LogP contribution in [-0.2, 0) is 12.3 Å². The number of ether oxygens (including phenoxy) is 1. The Hall–Kier alpha value is -0.670. The van der Waals surface area contributed by atoms with Gasteiger partial charge in [-0.3, -0.25) is 0 Å². The van der Waals surface area contributed by atoms with E-state index in [0.717, 1.165) is 24.1 Å². The lowest BCUT2D eigenvalue weighted by atomic mass is 10.1. The smallest absolute Gasteiger partial charge is 0.122 e. The topological polar surface area (TPSA) is 21.3 Å². The second-order valence-electron chi connectivity index (χ2n) is 4.23. The largest absolute Gasteiger partial charge is 0.496 e. The van der Waals surface area contributed by atoms with E-state index in [2.05, 4.69) is 29.8 Å². The van der Waals surface area contributed by atoms with Crippen molar-refractivity contribution in [2.75, 3.05) is 13.4 Å². The van der Waals surface area contributed by atoms with Gasteiger partial charge >= 0.3 is 0 Å². The van der Waals surface area contributed by atoms with Gasteiger partial charge in [0.25, 0.3) is 0 Å². The van der Waals surface area contributed by atoms with Crippen LogP contribution in [0, 0.1) is 0 Å². The van der Waals surface area contributed by atoms with Crippen LogP contribution in [0.15, 0.2) is 18.2 Å². The summed E-state index contributed by atoms with van der Waals surface area (Å²) in [6.07, 6.45) is 4.80. The van der Waals surface area contributed by atoms with Crippen molar-refractivity contribution in [3.8, 4) is 5.75 Å². The maximum atomic E-state index is 5.36. The molecule has 1 aliphatic carbocycles. The molecule has 1 saturated carbocycles. The molecule has 0 atom stereocenters. The molecule has 2 rings (SSSR count). The quantitative estimate of drug-likeness (QED) is 0.822. The average molecular weight is 237 g/mol. The molecule has 2 nitrogen and oxygen atoms in total. The van der Waals surface area contributed by atoms with Crippen molar-refractivity contribution in [1.29, 1.82) is 0 Å². The van der Waals surface area contributed by atoms with E-state index >= 15 is 0 Å². The number of hydrogen-bond donors (Lipinski definition) is 1. The Kier molecular flexibility index (Phi) is 4.13. The summed E-state index contributed by atoms with van der Waals surface area (Å²) < 4.78 is 5.36. The molecule has 1 aromatic rings. The van der Waals surface area contributed by atoms with Crippen molar-refractivity contribution in [3.05, 3.63) is 29.3 Å². The monoisotopic (exact) mass is 237 g/mol. The number of benzene rings is 1. The number of rotatable bonds is 6. The first kappa shape index (κ1) is 11.8. The molecule has 1 aromatic carbocycles. The molecule has 0 aliphatic heterocycles. The van der Waals surface area contributed by atoms with Crippen LogP contribution >= 0.6 is 11.8 Å². The maximum absolute atomic E-state index is 5.36. The van der Waals surface area contributed by atoms with Crippen molar-refractivity contribution in [3.63, 3.8) is 0 Å². The highest BCUT2D eigenvalue weighted by Crippen LogP contribution is 2.24. The van der Waals surface area contributed by atoms with Crippen molar-refractivity contribution in [2.45, 2.75) is 31.2 Å². The Bertz CT molecular complexity index is 350. The normalized spacial score (nSPS) is 15.1. The summed E-state index contributed by atoms with van der Waals surface area (Å²) >= 11 is 1.83. The molecule has 0 saturated heterocycles. The standard InChI is InChI=1S/C13H19NOS/c1-15-13-6-3-10(7-11(13)9-16-2)8-14-12-4-5-12/h3,6-7,12,14H,4-5,8-9H2,1-2H3. The summed E-state index contributed by atoms with van der Waals surface area (Å²) in [7, 11) is 1.74. The molecular formula is C13H19NOS. The zero-order valence-electron chi connectivity index (χ0n) is 9.95. The Morgan fingerprint density at radius 3 is 2.88 bits per heavy atom. The summed E-state index contributed by atoms with van der Waals surface area (Å²) in [6, 6.07) is 7.25. The molecule has 0 aromatic heterocycles. The summed E-state index contributed by atoms with van der Waals surface area (Å²) in [4.78, 5) is 0. The van der Waals surface area contributed by atoms with Gasteiger partial charge < -0.3 is 10.1 Å². The predicted molar refractivity (Wildman–Crippen MR) is 70.1 cm³/mol. The number of hydrogen-bond acceptors (Lipinski definition) is 3. The second-order valence-corrected chi connectivity index (χ2v) is 5.10. The van der Waals surface area contributed by atoms with E-state index in [1.807, 2.05) is 11.8 Å². The van der Waals surface area contributed by atoms with Crippen LogP contribution < -0.4 is 10.1 Å². The van der Waals surface area contributed by atoms with Gasteiger partial charge in [0, 0.05) is 23.9 Å². The Balaban J connectivity index is 2.03. The van der Waals surface area contributed by atoms with E-state index in [1.165, 1.54) is 24.0 Å². The SMILES string of the molecule is COc1ccc(CNC2CC2)cc1CSC. The van der Waals surface area contributed by atoms with Crippen LogP contribution in [-0.4, -0.2) is 19.4 Å². The van der Waals surface area contributed by atoms with Gasteiger partial charge in [-0.1, -0.05) is 6.07 Å². The second kappa shape index (κ2) is 5.60. The van der Waals surface area contributed by atoms with Crippen LogP contribution in [0.1, 0.15) is 24.0 Å². The highest BCUT2D eigenvalue weighted by Gasteiger charge is 2.19. The first-order valence-electron chi connectivity index (χ1n) is 5.71. The third-order valence-corrected chi connectivity index (χ3v) is 3.42. The summed E-state index contributed by atoms with van der Waals surface area (Å²) in [5.74, 6) is 2.02. The lowest BCUT2D eigenvalue weighted by molar-refractivity contribution is 0.411. The van der Waals surface area contributed by atoms with E-state index in [0.29, 0.717) is 0 Å². The summed E-state index contributed by atoms with van der Waals surface area (Å²) in [6.45, 7) is 0.982. The highest BCUT2D eigenvalue weighted by atomic mass is 32.2. The molecule has 0 radical (unpaired) electrons. The van der Waals surface area contributed by atoms with Gasteiger partial charge in [0.2, 0.25) is 0 Å². The molecular weight excluding hydrogens is 218 g/mol. The van der Waals surface area contributed by atoms with Gasteiger partial charge in [0.1, 0.15) is 5.75 Å². The van der Waals surface area contributed by atoms with Crippen molar-refractivity contribution >= 4 is 11.8 Å². The van der Waals surface area contributed by atoms with Gasteiger partial charge in [0.15, 0.2) is 0 Å². The van der Waals surface area contributed by atoms with Gasteiger partial charge in [-0.15, -0.1) is 0 Å². The lowest BCUT2D eigenvalue weighted by Gasteiger charge is -2.10. The summed E-state index contributed by atoms with van der Waals surface area (Å²) in [5.41, 5.74) is 2.65. The molecule has 1 aliphatic rings. The number of thioether (sulfide) groups is 1. The molecule has 3 heteroatoms. The minimum atomic E-state index is 0.770. The number of nitrogens with one attached hydrogen (secondary N) is 1. The molecule has 16 heavy (non-hydrogen) atoms. The third kappa shape index (κ3) is 3.16. The van der Waals surface area contributed by atoms with E-state index in [1.54, 1.807) is 7.11 Å².